The number of allylic oxidation sites excluding steroid dienone is 4. The first-order valence-corrected chi connectivity index (χ1v) is 4.72. The Kier molecular flexibility index (Phi) is 1.87. The van der Waals surface area contributed by atoms with Crippen molar-refractivity contribution in [1.29, 1.82) is 0 Å². The highest BCUT2D eigenvalue weighted by Gasteiger charge is 2.25. The Hall–Kier alpha value is -0.850. The lowest BCUT2D eigenvalue weighted by atomic mass is 9.80. The lowest BCUT2D eigenvalue weighted by Gasteiger charge is -2.23. The Morgan fingerprint density at radius 1 is 1.42 bits per heavy atom. The van der Waals surface area contributed by atoms with Crippen LogP contribution in [0.15, 0.2) is 23.3 Å². The van der Waals surface area contributed by atoms with Crippen molar-refractivity contribution in [2.45, 2.75) is 32.6 Å². The summed E-state index contributed by atoms with van der Waals surface area (Å²) in [5, 5.41) is 0. The van der Waals surface area contributed by atoms with E-state index >= 15 is 0 Å². The molecule has 0 amide bonds. The van der Waals surface area contributed by atoms with Crippen molar-refractivity contribution in [2.75, 3.05) is 0 Å². The summed E-state index contributed by atoms with van der Waals surface area (Å²) in [5.41, 5.74) is 2.43. The molecule has 1 unspecified atom stereocenters. The molecular weight excluding hydrogens is 148 g/mol. The predicted octanol–water partition coefficient (Wildman–Crippen LogP) is 2.63. The van der Waals surface area contributed by atoms with Gasteiger partial charge in [-0.15, -0.1) is 0 Å². The van der Waals surface area contributed by atoms with Crippen molar-refractivity contribution in [3.8, 4) is 0 Å². The second kappa shape index (κ2) is 2.89. The molecular formula is C11H14O. The normalized spacial score (nSPS) is 29.1. The molecule has 0 radical (unpaired) electrons. The molecule has 0 fully saturated rings. The van der Waals surface area contributed by atoms with E-state index in [1.165, 1.54) is 5.57 Å². The number of ketones is 1. The van der Waals surface area contributed by atoms with E-state index in [0.29, 0.717) is 5.78 Å². The van der Waals surface area contributed by atoms with E-state index < -0.39 is 0 Å². The third-order valence-electron chi connectivity index (χ3n) is 2.87. The molecule has 0 saturated carbocycles. The maximum atomic E-state index is 11.7. The predicted molar refractivity (Wildman–Crippen MR) is 48.8 cm³/mol. The second-order valence-electron chi connectivity index (χ2n) is 3.76. The first-order chi connectivity index (χ1) is 5.79. The Morgan fingerprint density at radius 2 is 2.25 bits per heavy atom. The van der Waals surface area contributed by atoms with Crippen LogP contribution in [0.1, 0.15) is 32.6 Å². The van der Waals surface area contributed by atoms with Crippen molar-refractivity contribution < 1.29 is 4.79 Å². The molecule has 0 aliphatic heterocycles. The zero-order valence-electron chi connectivity index (χ0n) is 7.47. The molecule has 0 heterocycles. The van der Waals surface area contributed by atoms with Crippen molar-refractivity contribution in [3.05, 3.63) is 23.3 Å². The summed E-state index contributed by atoms with van der Waals surface area (Å²) in [6.07, 6.45) is 8.59. The second-order valence-corrected chi connectivity index (χ2v) is 3.76. The molecule has 1 atom stereocenters. The lowest BCUT2D eigenvalue weighted by molar-refractivity contribution is -0.119. The van der Waals surface area contributed by atoms with Crippen LogP contribution in [-0.4, -0.2) is 5.78 Å². The van der Waals surface area contributed by atoms with Crippen LogP contribution in [-0.2, 0) is 4.79 Å². The van der Waals surface area contributed by atoms with Gasteiger partial charge in [-0.25, -0.2) is 0 Å². The first-order valence-electron chi connectivity index (χ1n) is 4.72. The average molecular weight is 162 g/mol. The van der Waals surface area contributed by atoms with Gasteiger partial charge in [0.2, 0.25) is 0 Å². The molecule has 1 nitrogen and oxygen atoms in total. The van der Waals surface area contributed by atoms with Gasteiger partial charge in [0.25, 0.3) is 0 Å². The molecule has 0 aromatic carbocycles. The van der Waals surface area contributed by atoms with Crippen molar-refractivity contribution in [2.24, 2.45) is 5.92 Å². The maximum absolute atomic E-state index is 11.7. The van der Waals surface area contributed by atoms with E-state index in [9.17, 15) is 4.79 Å². The zero-order valence-corrected chi connectivity index (χ0v) is 7.47. The molecule has 0 spiro atoms. The molecule has 0 aromatic heterocycles. The summed E-state index contributed by atoms with van der Waals surface area (Å²) in [5.74, 6) is 0.624. The van der Waals surface area contributed by atoms with Crippen LogP contribution in [0, 0.1) is 5.92 Å². The van der Waals surface area contributed by atoms with Gasteiger partial charge in [0.1, 0.15) is 0 Å². The fourth-order valence-corrected chi connectivity index (χ4v) is 2.01. The lowest BCUT2D eigenvalue weighted by Crippen LogP contribution is -2.20. The van der Waals surface area contributed by atoms with Gasteiger partial charge in [0.15, 0.2) is 5.78 Å². The summed E-state index contributed by atoms with van der Waals surface area (Å²) < 4.78 is 0. The summed E-state index contributed by atoms with van der Waals surface area (Å²) in [4.78, 5) is 11.7. The molecule has 2 aliphatic rings. The summed E-state index contributed by atoms with van der Waals surface area (Å²) in [6.45, 7) is 2.04. The minimum Gasteiger partial charge on any atom is -0.294 e. The Bertz CT molecular complexity index is 271. The fraction of sp³-hybridized carbons (Fsp3) is 0.545. The Labute approximate surface area is 73.2 Å². The number of Topliss-reactive ketones (excluding diaryl/α,β-unsaturated/α-hetero) is 1. The highest BCUT2D eigenvalue weighted by Crippen LogP contribution is 2.32. The Morgan fingerprint density at radius 3 is 3.08 bits per heavy atom. The van der Waals surface area contributed by atoms with E-state index in [2.05, 4.69) is 6.08 Å². The monoisotopic (exact) mass is 162 g/mol. The largest absolute Gasteiger partial charge is 0.294 e. The van der Waals surface area contributed by atoms with E-state index in [4.69, 9.17) is 0 Å². The van der Waals surface area contributed by atoms with Gasteiger partial charge in [-0.05, 0) is 25.7 Å². The van der Waals surface area contributed by atoms with Gasteiger partial charge in [-0.2, -0.15) is 0 Å². The number of carbonyl (C=O) groups excluding carboxylic acids is 1. The molecule has 1 heteroatoms. The third-order valence-corrected chi connectivity index (χ3v) is 2.87. The van der Waals surface area contributed by atoms with Crippen LogP contribution >= 0.6 is 0 Å². The summed E-state index contributed by atoms with van der Waals surface area (Å²) >= 11 is 0. The van der Waals surface area contributed by atoms with Crippen molar-refractivity contribution >= 4 is 5.78 Å². The van der Waals surface area contributed by atoms with Crippen LogP contribution in [0.3, 0.4) is 0 Å². The van der Waals surface area contributed by atoms with E-state index in [1.54, 1.807) is 0 Å². The van der Waals surface area contributed by atoms with Crippen LogP contribution < -0.4 is 0 Å². The highest BCUT2D eigenvalue weighted by atomic mass is 16.1. The van der Waals surface area contributed by atoms with E-state index in [1.807, 2.05) is 13.0 Å². The number of hydrogen-bond donors (Lipinski definition) is 0. The van der Waals surface area contributed by atoms with Gasteiger partial charge < -0.3 is 0 Å². The number of hydrogen-bond acceptors (Lipinski definition) is 1. The van der Waals surface area contributed by atoms with Crippen molar-refractivity contribution in [3.63, 3.8) is 0 Å². The summed E-state index contributed by atoms with van der Waals surface area (Å²) in [7, 11) is 0. The average Bonchev–Trinajstić information content (AvgIpc) is 2.12. The Balaban J connectivity index is 2.35. The summed E-state index contributed by atoms with van der Waals surface area (Å²) in [6, 6.07) is 0. The molecule has 64 valence electrons. The molecule has 0 aromatic rings. The first kappa shape index (κ1) is 7.78. The quantitative estimate of drug-likeness (QED) is 0.535. The SMILES string of the molecule is CC1CCC2=C(C=CCC2)C1=O. The van der Waals surface area contributed by atoms with Crippen LogP contribution in [0.25, 0.3) is 0 Å². The van der Waals surface area contributed by atoms with E-state index in [-0.39, 0.29) is 5.92 Å². The van der Waals surface area contributed by atoms with Crippen LogP contribution in [0.2, 0.25) is 0 Å². The number of rotatable bonds is 0. The molecule has 12 heavy (non-hydrogen) atoms. The van der Waals surface area contributed by atoms with Gasteiger partial charge in [-0.1, -0.05) is 24.6 Å². The molecule has 0 bridgehead atoms. The fourth-order valence-electron chi connectivity index (χ4n) is 2.01. The third kappa shape index (κ3) is 1.13. The molecule has 2 aliphatic carbocycles. The smallest absolute Gasteiger partial charge is 0.165 e. The standard InChI is InChI=1S/C11H14O/c1-8-6-7-9-4-2-3-5-10(9)11(8)12/h3,5,8H,2,4,6-7H2,1H3. The van der Waals surface area contributed by atoms with Gasteiger partial charge in [-0.3, -0.25) is 4.79 Å². The maximum Gasteiger partial charge on any atom is 0.165 e. The number of carbonyl (C=O) groups is 1. The van der Waals surface area contributed by atoms with Gasteiger partial charge >= 0.3 is 0 Å². The molecule has 0 N–H and O–H groups in total. The van der Waals surface area contributed by atoms with Gasteiger partial charge in [0.05, 0.1) is 0 Å². The molecule has 0 saturated heterocycles. The van der Waals surface area contributed by atoms with Crippen LogP contribution in [0.4, 0.5) is 0 Å². The van der Waals surface area contributed by atoms with Gasteiger partial charge in [0, 0.05) is 11.5 Å². The van der Waals surface area contributed by atoms with E-state index in [0.717, 1.165) is 31.3 Å². The van der Waals surface area contributed by atoms with Crippen molar-refractivity contribution in [1.82, 2.24) is 0 Å². The zero-order chi connectivity index (χ0) is 8.55. The molecule has 2 rings (SSSR count). The minimum atomic E-state index is 0.256. The highest BCUT2D eigenvalue weighted by molar-refractivity contribution is 6.01. The topological polar surface area (TPSA) is 17.1 Å². The minimum absolute atomic E-state index is 0.256. The van der Waals surface area contributed by atoms with Crippen LogP contribution in [0.5, 0.6) is 0 Å².